The summed E-state index contributed by atoms with van der Waals surface area (Å²) in [5.74, 6) is -2.90. The highest BCUT2D eigenvalue weighted by Crippen LogP contribution is 2.41. The Hall–Kier alpha value is -2.77. The van der Waals surface area contributed by atoms with Crippen molar-refractivity contribution in [3.05, 3.63) is 41.5 Å². The average Bonchev–Trinajstić information content (AvgIpc) is 2.43. The molecule has 0 fully saturated rings. The van der Waals surface area contributed by atoms with Crippen LogP contribution in [0.4, 0.5) is 13.2 Å². The lowest BCUT2D eigenvalue weighted by molar-refractivity contribution is -0.138. The number of nitrogens with zero attached hydrogens (tertiary/aromatic N) is 1. The predicted octanol–water partition coefficient (Wildman–Crippen LogP) is 2.72. The zero-order chi connectivity index (χ0) is 17.4. The average molecular weight is 327 g/mol. The van der Waals surface area contributed by atoms with Crippen LogP contribution < -0.4 is 0 Å². The minimum atomic E-state index is -4.79. The molecule has 5 nitrogen and oxygen atoms in total. The summed E-state index contributed by atoms with van der Waals surface area (Å²) in [4.78, 5) is 23.8. The van der Waals surface area contributed by atoms with Crippen LogP contribution in [0.1, 0.15) is 15.9 Å². The maximum absolute atomic E-state index is 13.1. The number of halogens is 3. The molecule has 0 bridgehead atoms. The molecule has 2 aromatic rings. The van der Waals surface area contributed by atoms with Gasteiger partial charge < -0.3 is 15.1 Å². The maximum Gasteiger partial charge on any atom is 0.420 e. The van der Waals surface area contributed by atoms with Crippen LogP contribution >= 0.6 is 0 Å². The van der Waals surface area contributed by atoms with Crippen molar-refractivity contribution < 1.29 is 33.0 Å². The first-order valence-electron chi connectivity index (χ1n) is 6.42. The number of rotatable bonds is 3. The zero-order valence-corrected chi connectivity index (χ0v) is 11.9. The number of aliphatic carboxylic acids is 1. The Morgan fingerprint density at radius 1 is 1.13 bits per heavy atom. The first kappa shape index (κ1) is 16.6. The molecule has 0 radical (unpaired) electrons. The van der Waals surface area contributed by atoms with Gasteiger partial charge in [-0.25, -0.2) is 0 Å². The number of hydrogen-bond donors (Lipinski definition) is 2. The van der Waals surface area contributed by atoms with Gasteiger partial charge in [0.25, 0.3) is 5.91 Å². The number of carboxylic acids is 1. The normalized spacial score (nSPS) is 11.5. The molecule has 0 saturated carbocycles. The fraction of sp³-hybridized carbons (Fsp3) is 0.200. The number of aromatic hydroxyl groups is 1. The number of carboxylic acid groups (broad SMARTS) is 1. The van der Waals surface area contributed by atoms with Gasteiger partial charge in [-0.2, -0.15) is 13.2 Å². The van der Waals surface area contributed by atoms with Gasteiger partial charge in [-0.15, -0.1) is 0 Å². The number of amides is 1. The van der Waals surface area contributed by atoms with Crippen LogP contribution in [0.5, 0.6) is 5.75 Å². The van der Waals surface area contributed by atoms with Crippen LogP contribution in [0.2, 0.25) is 0 Å². The molecule has 0 saturated heterocycles. The number of phenolic OH excluding ortho intramolecular Hbond substituents is 1. The van der Waals surface area contributed by atoms with E-state index in [-0.39, 0.29) is 16.3 Å². The van der Waals surface area contributed by atoms with E-state index in [1.54, 1.807) is 0 Å². The van der Waals surface area contributed by atoms with Crippen LogP contribution in [0.15, 0.2) is 30.3 Å². The summed E-state index contributed by atoms with van der Waals surface area (Å²) < 4.78 is 39.3. The highest BCUT2D eigenvalue weighted by atomic mass is 19.4. The SMILES string of the molecule is CN(CC(=O)O)C(=O)c1cccc2c(C(F)(F)F)c(O)ccc12. The van der Waals surface area contributed by atoms with E-state index in [0.717, 1.165) is 17.0 Å². The van der Waals surface area contributed by atoms with E-state index in [2.05, 4.69) is 0 Å². The van der Waals surface area contributed by atoms with E-state index < -0.39 is 35.9 Å². The number of benzene rings is 2. The zero-order valence-electron chi connectivity index (χ0n) is 11.9. The van der Waals surface area contributed by atoms with Gasteiger partial charge in [0, 0.05) is 12.6 Å². The lowest BCUT2D eigenvalue weighted by Crippen LogP contribution is -2.32. The number of alkyl halides is 3. The number of phenols is 1. The van der Waals surface area contributed by atoms with Crippen LogP contribution in [-0.2, 0) is 11.0 Å². The van der Waals surface area contributed by atoms with E-state index in [4.69, 9.17) is 5.11 Å². The Labute approximate surface area is 128 Å². The Balaban J connectivity index is 2.65. The van der Waals surface area contributed by atoms with Gasteiger partial charge in [-0.05, 0) is 29.0 Å². The molecule has 2 rings (SSSR count). The van der Waals surface area contributed by atoms with Gasteiger partial charge in [0.15, 0.2) is 0 Å². The van der Waals surface area contributed by atoms with Gasteiger partial charge in [-0.1, -0.05) is 12.1 Å². The maximum atomic E-state index is 13.1. The smallest absolute Gasteiger partial charge is 0.420 e. The summed E-state index contributed by atoms with van der Waals surface area (Å²) in [6.07, 6.45) is -4.79. The standard InChI is InChI=1S/C15H12F3NO4/c1-19(7-12(21)22)14(23)10-4-2-3-9-8(10)5-6-11(20)13(9)15(16,17)18/h2-6,20H,7H2,1H3,(H,21,22). The van der Waals surface area contributed by atoms with Gasteiger partial charge in [0.1, 0.15) is 17.9 Å². The van der Waals surface area contributed by atoms with Crippen molar-refractivity contribution >= 4 is 22.6 Å². The van der Waals surface area contributed by atoms with Crippen LogP contribution in [0, 0.1) is 0 Å². The topological polar surface area (TPSA) is 77.8 Å². The minimum absolute atomic E-state index is 0.0140. The number of likely N-dealkylation sites (N-methyl/N-ethyl adjacent to an activating group) is 1. The van der Waals surface area contributed by atoms with Crippen LogP contribution in [-0.4, -0.2) is 40.6 Å². The first-order valence-corrected chi connectivity index (χ1v) is 6.42. The molecule has 0 aliphatic heterocycles. The lowest BCUT2D eigenvalue weighted by atomic mass is 9.98. The second-order valence-corrected chi connectivity index (χ2v) is 4.91. The summed E-state index contributed by atoms with van der Waals surface area (Å²) >= 11 is 0. The monoisotopic (exact) mass is 327 g/mol. The lowest BCUT2D eigenvalue weighted by Gasteiger charge is -2.18. The molecule has 2 N–H and O–H groups in total. The van der Waals surface area contributed by atoms with Crippen molar-refractivity contribution in [3.8, 4) is 5.75 Å². The highest BCUT2D eigenvalue weighted by Gasteiger charge is 2.36. The minimum Gasteiger partial charge on any atom is -0.507 e. The Morgan fingerprint density at radius 2 is 1.78 bits per heavy atom. The molecule has 23 heavy (non-hydrogen) atoms. The van der Waals surface area contributed by atoms with E-state index in [1.165, 1.54) is 25.2 Å². The molecule has 0 spiro atoms. The summed E-state index contributed by atoms with van der Waals surface area (Å²) in [5.41, 5.74) is -1.30. The largest absolute Gasteiger partial charge is 0.507 e. The van der Waals surface area contributed by atoms with Gasteiger partial charge in [-0.3, -0.25) is 9.59 Å². The van der Waals surface area contributed by atoms with E-state index in [9.17, 15) is 27.9 Å². The molecule has 122 valence electrons. The summed E-state index contributed by atoms with van der Waals surface area (Å²) in [6, 6.07) is 5.76. The van der Waals surface area contributed by atoms with Crippen molar-refractivity contribution in [1.82, 2.24) is 4.90 Å². The third-order valence-corrected chi connectivity index (χ3v) is 3.27. The Morgan fingerprint density at radius 3 is 2.35 bits per heavy atom. The first-order chi connectivity index (χ1) is 10.6. The summed E-state index contributed by atoms with van der Waals surface area (Å²) in [6.45, 7) is -0.584. The molecule has 1 amide bonds. The molecule has 0 unspecified atom stereocenters. The fourth-order valence-electron chi connectivity index (χ4n) is 2.31. The predicted molar refractivity (Wildman–Crippen MR) is 75.2 cm³/mol. The molecule has 8 heteroatoms. The van der Waals surface area contributed by atoms with Gasteiger partial charge in [0.05, 0.1) is 0 Å². The van der Waals surface area contributed by atoms with E-state index >= 15 is 0 Å². The number of carbonyl (C=O) groups is 2. The number of carbonyl (C=O) groups excluding carboxylic acids is 1. The second kappa shape index (κ2) is 5.79. The van der Waals surface area contributed by atoms with Crippen molar-refractivity contribution in [1.29, 1.82) is 0 Å². The molecule has 0 aliphatic rings. The van der Waals surface area contributed by atoms with Crippen molar-refractivity contribution in [2.24, 2.45) is 0 Å². The van der Waals surface area contributed by atoms with Crippen LogP contribution in [0.25, 0.3) is 10.8 Å². The highest BCUT2D eigenvalue weighted by molar-refractivity contribution is 6.08. The molecule has 0 aliphatic carbocycles. The van der Waals surface area contributed by atoms with Crippen LogP contribution in [0.3, 0.4) is 0 Å². The third kappa shape index (κ3) is 3.20. The Kier molecular flexibility index (Phi) is 4.18. The summed E-state index contributed by atoms with van der Waals surface area (Å²) in [7, 11) is 1.24. The molecule has 0 aromatic heterocycles. The van der Waals surface area contributed by atoms with E-state index in [0.29, 0.717) is 0 Å². The van der Waals surface area contributed by atoms with Crippen molar-refractivity contribution in [2.45, 2.75) is 6.18 Å². The number of hydrogen-bond acceptors (Lipinski definition) is 3. The molecular weight excluding hydrogens is 315 g/mol. The molecule has 2 aromatic carbocycles. The number of fused-ring (bicyclic) bond motifs is 1. The molecule has 0 atom stereocenters. The molecular formula is C15H12F3NO4. The van der Waals surface area contributed by atoms with Crippen molar-refractivity contribution in [2.75, 3.05) is 13.6 Å². The fourth-order valence-corrected chi connectivity index (χ4v) is 2.31. The van der Waals surface area contributed by atoms with Gasteiger partial charge in [0.2, 0.25) is 0 Å². The molecule has 0 heterocycles. The Bertz CT molecular complexity index is 786. The van der Waals surface area contributed by atoms with Gasteiger partial charge >= 0.3 is 12.1 Å². The quantitative estimate of drug-likeness (QED) is 0.909. The van der Waals surface area contributed by atoms with E-state index in [1.807, 2.05) is 0 Å². The summed E-state index contributed by atoms with van der Waals surface area (Å²) in [5, 5.41) is 17.9. The second-order valence-electron chi connectivity index (χ2n) is 4.91. The third-order valence-electron chi connectivity index (χ3n) is 3.27. The van der Waals surface area contributed by atoms with Crippen molar-refractivity contribution in [3.63, 3.8) is 0 Å².